The summed E-state index contributed by atoms with van der Waals surface area (Å²) in [5.74, 6) is 0.543. The molecule has 2 atom stereocenters. The standard InChI is InChI=1S/C30H32N4O/c1-22(35)34-20-27-17-25(24-12-14-31-15-13-24)10-11-30(27)26(8-5-9-28-19-32-21-33-28)18-29(34)16-23-6-3-2-4-7-23/h2-4,6-7,10-15,17,19,21,26,29H,5,8-9,16,18,20H2,1H3,(H,32,33). The van der Waals surface area contributed by atoms with Crippen molar-refractivity contribution in [2.75, 3.05) is 0 Å². The van der Waals surface area contributed by atoms with Gasteiger partial charge in [-0.15, -0.1) is 0 Å². The van der Waals surface area contributed by atoms with E-state index in [9.17, 15) is 4.79 Å². The molecule has 0 aliphatic carbocycles. The monoisotopic (exact) mass is 464 g/mol. The Morgan fingerprint density at radius 2 is 1.86 bits per heavy atom. The molecule has 5 rings (SSSR count). The molecule has 0 saturated carbocycles. The smallest absolute Gasteiger partial charge is 0.220 e. The Balaban J connectivity index is 1.47. The number of nitrogens with one attached hydrogen (secondary N) is 1. The van der Waals surface area contributed by atoms with Crippen LogP contribution >= 0.6 is 0 Å². The maximum Gasteiger partial charge on any atom is 0.220 e. The molecule has 2 aromatic carbocycles. The van der Waals surface area contributed by atoms with Gasteiger partial charge in [0.2, 0.25) is 5.91 Å². The minimum absolute atomic E-state index is 0.143. The van der Waals surface area contributed by atoms with Crippen LogP contribution in [0.2, 0.25) is 0 Å². The van der Waals surface area contributed by atoms with E-state index in [1.165, 1.54) is 27.9 Å². The van der Waals surface area contributed by atoms with E-state index in [2.05, 4.69) is 62.3 Å². The first kappa shape index (κ1) is 23.0. The van der Waals surface area contributed by atoms with Gasteiger partial charge >= 0.3 is 0 Å². The third-order valence-electron chi connectivity index (χ3n) is 7.21. The van der Waals surface area contributed by atoms with Crippen molar-refractivity contribution in [3.8, 4) is 11.1 Å². The van der Waals surface area contributed by atoms with E-state index >= 15 is 0 Å². The Kier molecular flexibility index (Phi) is 7.03. The van der Waals surface area contributed by atoms with Gasteiger partial charge in [-0.1, -0.05) is 42.5 Å². The fourth-order valence-corrected chi connectivity index (χ4v) is 5.44. The van der Waals surface area contributed by atoms with Crippen molar-refractivity contribution in [1.82, 2.24) is 19.9 Å². The van der Waals surface area contributed by atoms with E-state index in [4.69, 9.17) is 0 Å². The van der Waals surface area contributed by atoms with E-state index in [1.807, 2.05) is 36.8 Å². The number of amides is 1. The first-order valence-electron chi connectivity index (χ1n) is 12.5. The lowest BCUT2D eigenvalue weighted by Gasteiger charge is -2.30. The molecule has 2 aromatic heterocycles. The zero-order chi connectivity index (χ0) is 24.0. The molecular formula is C30H32N4O. The van der Waals surface area contributed by atoms with Crippen molar-refractivity contribution < 1.29 is 4.79 Å². The Bertz CT molecular complexity index is 1240. The van der Waals surface area contributed by atoms with Crippen LogP contribution in [0.4, 0.5) is 0 Å². The molecule has 1 aliphatic heterocycles. The van der Waals surface area contributed by atoms with Crippen LogP contribution in [0, 0.1) is 0 Å². The Labute approximate surface area is 207 Å². The van der Waals surface area contributed by atoms with Crippen LogP contribution in [-0.4, -0.2) is 31.8 Å². The van der Waals surface area contributed by atoms with Crippen molar-refractivity contribution in [3.63, 3.8) is 0 Å². The van der Waals surface area contributed by atoms with Gasteiger partial charge in [0.15, 0.2) is 0 Å². The Hall–Kier alpha value is -3.73. The van der Waals surface area contributed by atoms with E-state index in [0.29, 0.717) is 12.5 Å². The van der Waals surface area contributed by atoms with Crippen LogP contribution in [0.25, 0.3) is 11.1 Å². The molecule has 4 aromatic rings. The number of benzene rings is 2. The third kappa shape index (κ3) is 5.51. The predicted octanol–water partition coefficient (Wildman–Crippen LogP) is 5.94. The summed E-state index contributed by atoms with van der Waals surface area (Å²) in [5, 5.41) is 0. The normalized spacial score (nSPS) is 17.6. The third-order valence-corrected chi connectivity index (χ3v) is 7.21. The second kappa shape index (κ2) is 10.7. The van der Waals surface area contributed by atoms with E-state index in [1.54, 1.807) is 13.3 Å². The Morgan fingerprint density at radius 3 is 2.60 bits per heavy atom. The maximum absolute atomic E-state index is 12.9. The van der Waals surface area contributed by atoms with Gasteiger partial charge in [0.05, 0.1) is 6.33 Å². The summed E-state index contributed by atoms with van der Waals surface area (Å²) in [5.41, 5.74) is 7.43. The highest BCUT2D eigenvalue weighted by Crippen LogP contribution is 2.38. The molecule has 0 bridgehead atoms. The van der Waals surface area contributed by atoms with Gasteiger partial charge in [-0.05, 0) is 84.0 Å². The fourth-order valence-electron chi connectivity index (χ4n) is 5.44. The molecule has 5 nitrogen and oxygen atoms in total. The summed E-state index contributed by atoms with van der Waals surface area (Å²) >= 11 is 0. The maximum atomic E-state index is 12.9. The number of carbonyl (C=O) groups is 1. The topological polar surface area (TPSA) is 61.9 Å². The van der Waals surface area contributed by atoms with Gasteiger partial charge in [0.25, 0.3) is 0 Å². The second-order valence-corrected chi connectivity index (χ2v) is 9.54. The van der Waals surface area contributed by atoms with Gasteiger partial charge in [0, 0.05) is 43.8 Å². The van der Waals surface area contributed by atoms with Crippen LogP contribution in [0.15, 0.2) is 85.6 Å². The minimum Gasteiger partial charge on any atom is -0.348 e. The molecule has 5 heteroatoms. The fraction of sp³-hybridized carbons (Fsp3) is 0.300. The lowest BCUT2D eigenvalue weighted by atomic mass is 9.84. The number of aryl methyl sites for hydroxylation is 1. The van der Waals surface area contributed by atoms with Crippen molar-refractivity contribution in [1.29, 1.82) is 0 Å². The van der Waals surface area contributed by atoms with E-state index < -0.39 is 0 Å². The summed E-state index contributed by atoms with van der Waals surface area (Å²) in [4.78, 5) is 26.5. The van der Waals surface area contributed by atoms with Crippen LogP contribution in [0.1, 0.15) is 54.5 Å². The van der Waals surface area contributed by atoms with Gasteiger partial charge in [-0.25, -0.2) is 4.98 Å². The number of imidazole rings is 1. The van der Waals surface area contributed by atoms with Crippen LogP contribution in [0.5, 0.6) is 0 Å². The number of hydrogen-bond acceptors (Lipinski definition) is 3. The van der Waals surface area contributed by atoms with Crippen molar-refractivity contribution in [3.05, 3.63) is 108 Å². The molecule has 1 amide bonds. The molecule has 0 spiro atoms. The summed E-state index contributed by atoms with van der Waals surface area (Å²) in [6, 6.07) is 21.6. The number of H-pyrrole nitrogens is 1. The number of aromatic amines is 1. The van der Waals surface area contributed by atoms with Gasteiger partial charge in [0.1, 0.15) is 0 Å². The number of nitrogens with zero attached hydrogens (tertiary/aromatic N) is 3. The molecule has 2 unspecified atom stereocenters. The molecule has 0 radical (unpaired) electrons. The quantitative estimate of drug-likeness (QED) is 0.368. The average molecular weight is 465 g/mol. The first-order valence-corrected chi connectivity index (χ1v) is 12.5. The first-order chi connectivity index (χ1) is 17.2. The van der Waals surface area contributed by atoms with E-state index in [-0.39, 0.29) is 11.9 Å². The SMILES string of the molecule is CC(=O)N1Cc2cc(-c3ccncc3)ccc2C(CCCc2cnc[nH]2)CC1Cc1ccccc1. The zero-order valence-corrected chi connectivity index (χ0v) is 20.2. The minimum atomic E-state index is 0.143. The van der Waals surface area contributed by atoms with Crippen molar-refractivity contribution in [2.24, 2.45) is 0 Å². The second-order valence-electron chi connectivity index (χ2n) is 9.54. The molecule has 0 fully saturated rings. The van der Waals surface area contributed by atoms with Crippen LogP contribution in [-0.2, 0) is 24.2 Å². The lowest BCUT2D eigenvalue weighted by molar-refractivity contribution is -0.131. The highest BCUT2D eigenvalue weighted by atomic mass is 16.2. The summed E-state index contributed by atoms with van der Waals surface area (Å²) in [6.07, 6.45) is 12.3. The van der Waals surface area contributed by atoms with Gasteiger partial charge < -0.3 is 9.88 Å². The lowest BCUT2D eigenvalue weighted by Crippen LogP contribution is -2.39. The molecule has 1 aliphatic rings. The number of aromatic nitrogens is 3. The molecule has 1 N–H and O–H groups in total. The molecule has 3 heterocycles. The van der Waals surface area contributed by atoms with Crippen molar-refractivity contribution >= 4 is 5.91 Å². The van der Waals surface area contributed by atoms with Crippen LogP contribution in [0.3, 0.4) is 0 Å². The number of rotatable bonds is 7. The summed E-state index contributed by atoms with van der Waals surface area (Å²) in [7, 11) is 0. The van der Waals surface area contributed by atoms with Crippen LogP contribution < -0.4 is 0 Å². The predicted molar refractivity (Wildman–Crippen MR) is 139 cm³/mol. The highest BCUT2D eigenvalue weighted by molar-refractivity contribution is 5.74. The number of fused-ring (bicyclic) bond motifs is 1. The molecular weight excluding hydrogens is 432 g/mol. The number of pyridine rings is 1. The zero-order valence-electron chi connectivity index (χ0n) is 20.2. The number of hydrogen-bond donors (Lipinski definition) is 1. The number of carbonyl (C=O) groups excluding carboxylic acids is 1. The largest absolute Gasteiger partial charge is 0.348 e. The van der Waals surface area contributed by atoms with Crippen molar-refractivity contribution in [2.45, 2.75) is 57.5 Å². The highest BCUT2D eigenvalue weighted by Gasteiger charge is 2.31. The van der Waals surface area contributed by atoms with Gasteiger partial charge in [-0.3, -0.25) is 9.78 Å². The molecule has 35 heavy (non-hydrogen) atoms. The van der Waals surface area contributed by atoms with Gasteiger partial charge in [-0.2, -0.15) is 0 Å². The summed E-state index contributed by atoms with van der Waals surface area (Å²) in [6.45, 7) is 2.36. The average Bonchev–Trinajstić information content (AvgIpc) is 3.35. The summed E-state index contributed by atoms with van der Waals surface area (Å²) < 4.78 is 0. The molecule has 0 saturated heterocycles. The molecule has 178 valence electrons. The Morgan fingerprint density at radius 1 is 1.03 bits per heavy atom. The van der Waals surface area contributed by atoms with E-state index in [0.717, 1.165) is 37.7 Å².